The highest BCUT2D eigenvalue weighted by Crippen LogP contribution is 2.44. The third-order valence-corrected chi connectivity index (χ3v) is 6.98. The normalized spacial score (nSPS) is 22.2. The van der Waals surface area contributed by atoms with Crippen molar-refractivity contribution in [3.05, 3.63) is 107 Å². The average Bonchev–Trinajstić information content (AvgIpc) is 2.96. The zero-order chi connectivity index (χ0) is 23.2. The minimum Gasteiger partial charge on any atom is -0.375 e. The Morgan fingerprint density at radius 3 is 2.12 bits per heavy atom. The number of aryl methyl sites for hydroxylation is 1. The van der Waals surface area contributed by atoms with Crippen LogP contribution < -0.4 is 10.6 Å². The summed E-state index contributed by atoms with van der Waals surface area (Å²) in [6, 6.07) is 25.4. The first kappa shape index (κ1) is 21.5. The van der Waals surface area contributed by atoms with E-state index in [0.717, 1.165) is 22.6 Å². The molecule has 1 aliphatic heterocycles. The number of Topliss-reactive ketones (excluding diaryl/α,β-unsaturated/α-hetero) is 1. The van der Waals surface area contributed by atoms with Crippen LogP contribution in [-0.2, 0) is 10.2 Å². The lowest BCUT2D eigenvalue weighted by Gasteiger charge is -2.32. The molecule has 0 aromatic heterocycles. The first-order valence-corrected chi connectivity index (χ1v) is 11.8. The number of allylic oxidation sites excluding steroid dienone is 1. The van der Waals surface area contributed by atoms with Crippen LogP contribution in [0, 0.1) is 12.8 Å². The van der Waals surface area contributed by atoms with Crippen LogP contribution in [0.1, 0.15) is 61.4 Å². The fraction of sp³-hybridized carbons (Fsp3) is 0.300. The van der Waals surface area contributed by atoms with E-state index in [1.165, 1.54) is 16.7 Å². The van der Waals surface area contributed by atoms with E-state index in [4.69, 9.17) is 0 Å². The predicted molar refractivity (Wildman–Crippen MR) is 137 cm³/mol. The lowest BCUT2D eigenvalue weighted by atomic mass is 9.76. The van der Waals surface area contributed by atoms with Crippen molar-refractivity contribution >= 4 is 17.2 Å². The van der Waals surface area contributed by atoms with Crippen LogP contribution in [-0.4, -0.2) is 5.78 Å². The molecule has 0 amide bonds. The molecule has 3 heteroatoms. The van der Waals surface area contributed by atoms with Gasteiger partial charge in [-0.25, -0.2) is 0 Å². The number of rotatable bonds is 2. The molecule has 2 N–H and O–H groups in total. The van der Waals surface area contributed by atoms with Crippen molar-refractivity contribution in [2.45, 2.75) is 51.5 Å². The number of ketones is 1. The molecule has 3 atom stereocenters. The Bertz CT molecular complexity index is 1200. The molecule has 3 nitrogen and oxygen atoms in total. The van der Waals surface area contributed by atoms with E-state index >= 15 is 0 Å². The lowest BCUT2D eigenvalue weighted by molar-refractivity contribution is -0.122. The summed E-state index contributed by atoms with van der Waals surface area (Å²) in [5, 5.41) is 7.30. The summed E-state index contributed by atoms with van der Waals surface area (Å²) in [7, 11) is 0. The van der Waals surface area contributed by atoms with Gasteiger partial charge >= 0.3 is 0 Å². The second-order valence-corrected chi connectivity index (χ2v) is 10.5. The maximum atomic E-state index is 13.7. The smallest absolute Gasteiger partial charge is 0.145 e. The van der Waals surface area contributed by atoms with E-state index in [-0.39, 0.29) is 29.1 Å². The van der Waals surface area contributed by atoms with Crippen LogP contribution in [0.5, 0.6) is 0 Å². The second kappa shape index (κ2) is 8.22. The van der Waals surface area contributed by atoms with E-state index in [2.05, 4.69) is 105 Å². The maximum Gasteiger partial charge on any atom is 0.145 e. The number of fused-ring (bicyclic) bond motifs is 2. The van der Waals surface area contributed by atoms with Gasteiger partial charge in [-0.1, -0.05) is 93.1 Å². The monoisotopic (exact) mass is 436 g/mol. The van der Waals surface area contributed by atoms with Crippen molar-refractivity contribution < 1.29 is 4.79 Å². The second-order valence-electron chi connectivity index (χ2n) is 10.5. The van der Waals surface area contributed by atoms with E-state index in [1.807, 2.05) is 12.1 Å². The zero-order valence-corrected chi connectivity index (χ0v) is 19.9. The van der Waals surface area contributed by atoms with E-state index in [9.17, 15) is 4.79 Å². The van der Waals surface area contributed by atoms with Crippen LogP contribution >= 0.6 is 0 Å². The number of hydrogen-bond acceptors (Lipinski definition) is 3. The van der Waals surface area contributed by atoms with Gasteiger partial charge < -0.3 is 10.6 Å². The highest BCUT2D eigenvalue weighted by Gasteiger charge is 2.39. The topological polar surface area (TPSA) is 41.1 Å². The van der Waals surface area contributed by atoms with Crippen LogP contribution in [0.15, 0.2) is 84.6 Å². The summed E-state index contributed by atoms with van der Waals surface area (Å²) in [5.74, 6) is 0.107. The predicted octanol–water partition coefficient (Wildman–Crippen LogP) is 7.13. The van der Waals surface area contributed by atoms with Crippen LogP contribution in [0.2, 0.25) is 0 Å². The van der Waals surface area contributed by atoms with Crippen molar-refractivity contribution in [1.29, 1.82) is 0 Å². The molecule has 168 valence electrons. The molecule has 3 aromatic carbocycles. The average molecular weight is 437 g/mol. The molecule has 0 radical (unpaired) electrons. The van der Waals surface area contributed by atoms with E-state index < -0.39 is 0 Å². The summed E-state index contributed by atoms with van der Waals surface area (Å²) in [5.41, 5.74) is 8.01. The molecular weight excluding hydrogens is 404 g/mol. The van der Waals surface area contributed by atoms with E-state index in [0.29, 0.717) is 6.42 Å². The van der Waals surface area contributed by atoms with Crippen LogP contribution in [0.4, 0.5) is 11.4 Å². The lowest BCUT2D eigenvalue weighted by Crippen LogP contribution is -2.33. The molecule has 1 heterocycles. The molecule has 2 aliphatic rings. The number of anilines is 2. The van der Waals surface area contributed by atoms with Gasteiger partial charge in [-0.05, 0) is 41.2 Å². The molecule has 33 heavy (non-hydrogen) atoms. The number of nitrogens with one attached hydrogen (secondary N) is 2. The highest BCUT2D eigenvalue weighted by molar-refractivity contribution is 5.90. The molecule has 1 aliphatic carbocycles. The van der Waals surface area contributed by atoms with Gasteiger partial charge in [0.05, 0.1) is 23.3 Å². The minimum absolute atomic E-state index is 0.0780. The largest absolute Gasteiger partial charge is 0.375 e. The first-order chi connectivity index (χ1) is 15.8. The number of carbonyl (C=O) groups excluding carboxylic acids is 1. The molecule has 0 spiro atoms. The summed E-state index contributed by atoms with van der Waals surface area (Å²) < 4.78 is 0. The number of benzene rings is 3. The molecule has 0 fully saturated rings. The Kier molecular flexibility index (Phi) is 5.36. The summed E-state index contributed by atoms with van der Waals surface area (Å²) in [6.07, 6.45) is 2.80. The van der Waals surface area contributed by atoms with Crippen molar-refractivity contribution in [2.75, 3.05) is 10.6 Å². The van der Waals surface area contributed by atoms with Gasteiger partial charge in [0.2, 0.25) is 0 Å². The fourth-order valence-corrected chi connectivity index (χ4v) is 5.00. The molecule has 0 bridgehead atoms. The summed E-state index contributed by atoms with van der Waals surface area (Å²) in [6.45, 7) is 8.77. The molecule has 0 saturated carbocycles. The Balaban J connectivity index is 1.56. The Morgan fingerprint density at radius 2 is 1.45 bits per heavy atom. The summed E-state index contributed by atoms with van der Waals surface area (Å²) in [4.78, 5) is 13.7. The third kappa shape index (κ3) is 4.20. The van der Waals surface area contributed by atoms with Crippen molar-refractivity contribution in [2.24, 2.45) is 5.92 Å². The minimum atomic E-state index is -0.245. The van der Waals surface area contributed by atoms with Crippen molar-refractivity contribution in [3.63, 3.8) is 0 Å². The third-order valence-electron chi connectivity index (χ3n) is 6.98. The number of para-hydroxylation sites is 2. The Labute approximate surface area is 196 Å². The maximum absolute atomic E-state index is 13.7. The molecule has 3 aromatic rings. The Hall–Kier alpha value is -3.33. The van der Waals surface area contributed by atoms with Gasteiger partial charge in [-0.3, -0.25) is 4.79 Å². The van der Waals surface area contributed by atoms with Crippen LogP contribution in [0.25, 0.3) is 0 Å². The van der Waals surface area contributed by atoms with Gasteiger partial charge in [0, 0.05) is 18.0 Å². The zero-order valence-electron chi connectivity index (χ0n) is 19.9. The first-order valence-electron chi connectivity index (χ1n) is 11.8. The molecule has 0 saturated heterocycles. The SMILES string of the molecule is Cc1ccc([C@H]2Nc3ccccc3NC3=C[C@H](c4ccc(C(C)(C)C)cc4)CC(=O)[C@@H]32)cc1. The van der Waals surface area contributed by atoms with Crippen molar-refractivity contribution in [3.8, 4) is 0 Å². The summed E-state index contributed by atoms with van der Waals surface area (Å²) >= 11 is 0. The Morgan fingerprint density at radius 1 is 0.818 bits per heavy atom. The van der Waals surface area contributed by atoms with Gasteiger partial charge in [0.25, 0.3) is 0 Å². The van der Waals surface area contributed by atoms with Crippen molar-refractivity contribution in [1.82, 2.24) is 0 Å². The molecular formula is C30H32N2O. The number of hydrogen-bond donors (Lipinski definition) is 2. The highest BCUT2D eigenvalue weighted by atomic mass is 16.1. The van der Waals surface area contributed by atoms with E-state index in [1.54, 1.807) is 0 Å². The fourth-order valence-electron chi connectivity index (χ4n) is 5.00. The van der Waals surface area contributed by atoms with Gasteiger partial charge in [0.1, 0.15) is 5.78 Å². The molecule has 0 unspecified atom stereocenters. The quantitative estimate of drug-likeness (QED) is 0.449. The van der Waals surface area contributed by atoms with Gasteiger partial charge in [-0.2, -0.15) is 0 Å². The number of carbonyl (C=O) groups is 1. The van der Waals surface area contributed by atoms with Gasteiger partial charge in [0.15, 0.2) is 0 Å². The van der Waals surface area contributed by atoms with Crippen LogP contribution in [0.3, 0.4) is 0 Å². The standard InChI is InChI=1S/C30H32N2O/c1-19-9-11-21(12-10-19)29-28-26(31-24-7-5-6-8-25(24)32-29)17-22(18-27(28)33)20-13-15-23(16-14-20)30(2,3)4/h5-17,22,28-29,31-32H,18H2,1-4H3/t22-,28+,29+/m0/s1. The molecule has 5 rings (SSSR count). The van der Waals surface area contributed by atoms with Gasteiger partial charge in [-0.15, -0.1) is 0 Å².